The van der Waals surface area contributed by atoms with Crippen LogP contribution >= 0.6 is 0 Å². The summed E-state index contributed by atoms with van der Waals surface area (Å²) in [6, 6.07) is 10.2. The van der Waals surface area contributed by atoms with E-state index in [1.54, 1.807) is 0 Å². The Labute approximate surface area is 139 Å². The first kappa shape index (κ1) is 17.5. The van der Waals surface area contributed by atoms with Crippen LogP contribution in [0, 0.1) is 0 Å². The van der Waals surface area contributed by atoms with E-state index in [9.17, 15) is 9.59 Å². The van der Waals surface area contributed by atoms with Crippen LogP contribution in [0.4, 0.5) is 0 Å². The van der Waals surface area contributed by atoms with E-state index in [1.807, 2.05) is 23.1 Å². The van der Waals surface area contributed by atoms with E-state index in [4.69, 9.17) is 0 Å². The third-order valence-corrected chi connectivity index (χ3v) is 4.68. The number of nitrogens with one attached hydrogen (secondary N) is 1. The maximum absolute atomic E-state index is 12.0. The third-order valence-electron chi connectivity index (χ3n) is 4.68. The Morgan fingerprint density at radius 2 is 1.74 bits per heavy atom. The Balaban J connectivity index is 1.73. The van der Waals surface area contributed by atoms with Crippen molar-refractivity contribution in [2.45, 2.75) is 51.4 Å². The fourth-order valence-corrected chi connectivity index (χ4v) is 2.98. The molecule has 1 aromatic carbocycles. The average molecular weight is 316 g/mol. The number of rotatable bonds is 6. The fourth-order valence-electron chi connectivity index (χ4n) is 2.98. The summed E-state index contributed by atoms with van der Waals surface area (Å²) >= 11 is 0. The third kappa shape index (κ3) is 5.38. The molecule has 0 spiro atoms. The molecule has 0 unspecified atom stereocenters. The zero-order valence-corrected chi connectivity index (χ0v) is 14.3. The zero-order valence-electron chi connectivity index (χ0n) is 14.3. The molecule has 1 aromatic rings. The fraction of sp³-hybridized carbons (Fsp3) is 0.579. The molecule has 4 nitrogen and oxygen atoms in total. The number of hydrogen-bond donors (Lipinski definition) is 1. The van der Waals surface area contributed by atoms with Crippen LogP contribution in [0.2, 0.25) is 0 Å². The molecule has 0 atom stereocenters. The van der Waals surface area contributed by atoms with Gasteiger partial charge in [-0.25, -0.2) is 0 Å². The lowest BCUT2D eigenvalue weighted by Crippen LogP contribution is -2.42. The van der Waals surface area contributed by atoms with Crippen molar-refractivity contribution < 1.29 is 9.59 Å². The number of hydrogen-bond acceptors (Lipinski definition) is 2. The predicted octanol–water partition coefficient (Wildman–Crippen LogP) is 2.87. The lowest BCUT2D eigenvalue weighted by molar-refractivity contribution is -0.133. The molecule has 2 rings (SSSR count). The van der Waals surface area contributed by atoms with Crippen LogP contribution in [0.5, 0.6) is 0 Å². The van der Waals surface area contributed by atoms with Gasteiger partial charge >= 0.3 is 0 Å². The molecule has 1 aliphatic heterocycles. The van der Waals surface area contributed by atoms with Crippen molar-refractivity contribution in [1.29, 1.82) is 0 Å². The predicted molar refractivity (Wildman–Crippen MR) is 92.1 cm³/mol. The second-order valence-electron chi connectivity index (χ2n) is 6.97. The molecule has 0 bridgehead atoms. The van der Waals surface area contributed by atoms with Crippen molar-refractivity contribution in [3.63, 3.8) is 0 Å². The SMILES string of the molecule is CC(C)(CCC(=O)NCC(=O)N1CCCCC1)c1ccccc1. The Hall–Kier alpha value is -1.84. The van der Waals surface area contributed by atoms with Gasteiger partial charge in [-0.15, -0.1) is 0 Å². The molecular weight excluding hydrogens is 288 g/mol. The van der Waals surface area contributed by atoms with Crippen LogP contribution in [0.25, 0.3) is 0 Å². The maximum Gasteiger partial charge on any atom is 0.241 e. The van der Waals surface area contributed by atoms with Crippen molar-refractivity contribution in [1.82, 2.24) is 10.2 Å². The molecule has 1 fully saturated rings. The van der Waals surface area contributed by atoms with Gasteiger partial charge in [-0.2, -0.15) is 0 Å². The van der Waals surface area contributed by atoms with Crippen LogP contribution in [0.3, 0.4) is 0 Å². The van der Waals surface area contributed by atoms with E-state index in [0.29, 0.717) is 6.42 Å². The van der Waals surface area contributed by atoms with Gasteiger partial charge in [-0.1, -0.05) is 44.2 Å². The quantitative estimate of drug-likeness (QED) is 0.877. The van der Waals surface area contributed by atoms with Crippen LogP contribution in [-0.2, 0) is 15.0 Å². The molecule has 0 radical (unpaired) electrons. The highest BCUT2D eigenvalue weighted by atomic mass is 16.2. The number of carbonyl (C=O) groups excluding carboxylic acids is 2. The molecule has 4 heteroatoms. The minimum atomic E-state index is -0.0462. The van der Waals surface area contributed by atoms with Gasteiger partial charge in [0.1, 0.15) is 0 Å². The first-order valence-electron chi connectivity index (χ1n) is 8.59. The van der Waals surface area contributed by atoms with Gasteiger partial charge in [0.2, 0.25) is 11.8 Å². The Bertz CT molecular complexity index is 519. The molecule has 0 aliphatic carbocycles. The standard InChI is InChI=1S/C19H28N2O2/c1-19(2,16-9-5-3-6-10-16)12-11-17(22)20-15-18(23)21-13-7-4-8-14-21/h3,5-6,9-10H,4,7-8,11-15H2,1-2H3,(H,20,22). The largest absolute Gasteiger partial charge is 0.347 e. The summed E-state index contributed by atoms with van der Waals surface area (Å²) in [5, 5.41) is 2.77. The highest BCUT2D eigenvalue weighted by Gasteiger charge is 2.22. The number of amides is 2. The summed E-state index contributed by atoms with van der Waals surface area (Å²) in [6.07, 6.45) is 4.55. The average Bonchev–Trinajstić information content (AvgIpc) is 2.59. The summed E-state index contributed by atoms with van der Waals surface area (Å²) in [7, 11) is 0. The lowest BCUT2D eigenvalue weighted by Gasteiger charge is -2.27. The van der Waals surface area contributed by atoms with Gasteiger partial charge in [-0.05, 0) is 36.7 Å². The van der Waals surface area contributed by atoms with Gasteiger partial charge in [0.15, 0.2) is 0 Å². The normalized spacial score (nSPS) is 15.3. The summed E-state index contributed by atoms with van der Waals surface area (Å²) in [4.78, 5) is 25.9. The van der Waals surface area contributed by atoms with Crippen LogP contribution in [0.1, 0.15) is 51.5 Å². The summed E-state index contributed by atoms with van der Waals surface area (Å²) in [6.45, 7) is 6.08. The molecule has 1 aliphatic rings. The van der Waals surface area contributed by atoms with Gasteiger partial charge in [0.25, 0.3) is 0 Å². The van der Waals surface area contributed by atoms with Gasteiger partial charge < -0.3 is 10.2 Å². The summed E-state index contributed by atoms with van der Waals surface area (Å²) in [5.74, 6) is -0.000245. The second kappa shape index (κ2) is 8.14. The molecule has 1 N–H and O–H groups in total. The van der Waals surface area contributed by atoms with Crippen molar-refractivity contribution in [3.8, 4) is 0 Å². The highest BCUT2D eigenvalue weighted by molar-refractivity contribution is 5.84. The van der Waals surface area contributed by atoms with E-state index in [0.717, 1.165) is 32.4 Å². The van der Waals surface area contributed by atoms with Gasteiger partial charge in [-0.3, -0.25) is 9.59 Å². The van der Waals surface area contributed by atoms with E-state index >= 15 is 0 Å². The molecule has 1 heterocycles. The molecule has 1 saturated heterocycles. The Morgan fingerprint density at radius 1 is 1.09 bits per heavy atom. The van der Waals surface area contributed by atoms with Crippen LogP contribution in [0.15, 0.2) is 30.3 Å². The first-order valence-corrected chi connectivity index (χ1v) is 8.59. The highest BCUT2D eigenvalue weighted by Crippen LogP contribution is 2.27. The molecule has 2 amide bonds. The lowest BCUT2D eigenvalue weighted by atomic mass is 9.80. The van der Waals surface area contributed by atoms with E-state index < -0.39 is 0 Å². The first-order chi connectivity index (χ1) is 11.0. The Morgan fingerprint density at radius 3 is 2.39 bits per heavy atom. The number of likely N-dealkylation sites (tertiary alicyclic amines) is 1. The van der Waals surface area contributed by atoms with Crippen LogP contribution < -0.4 is 5.32 Å². The van der Waals surface area contributed by atoms with E-state index in [1.165, 1.54) is 12.0 Å². The van der Waals surface area contributed by atoms with E-state index in [2.05, 4.69) is 31.3 Å². The van der Waals surface area contributed by atoms with Crippen molar-refractivity contribution in [2.75, 3.05) is 19.6 Å². The van der Waals surface area contributed by atoms with E-state index in [-0.39, 0.29) is 23.8 Å². The van der Waals surface area contributed by atoms with Crippen molar-refractivity contribution in [2.24, 2.45) is 0 Å². The number of nitrogens with zero attached hydrogens (tertiary/aromatic N) is 1. The number of benzene rings is 1. The molecule has 0 aromatic heterocycles. The zero-order chi connectivity index (χ0) is 16.7. The smallest absolute Gasteiger partial charge is 0.241 e. The molecular formula is C19H28N2O2. The topological polar surface area (TPSA) is 49.4 Å². The molecule has 126 valence electrons. The molecule has 0 saturated carbocycles. The summed E-state index contributed by atoms with van der Waals surface area (Å²) < 4.78 is 0. The van der Waals surface area contributed by atoms with Crippen molar-refractivity contribution in [3.05, 3.63) is 35.9 Å². The molecule has 23 heavy (non-hydrogen) atoms. The second-order valence-corrected chi connectivity index (χ2v) is 6.97. The number of carbonyl (C=O) groups is 2. The number of piperidine rings is 1. The van der Waals surface area contributed by atoms with Gasteiger partial charge in [0.05, 0.1) is 6.54 Å². The summed E-state index contributed by atoms with van der Waals surface area (Å²) in [5.41, 5.74) is 1.19. The minimum absolute atomic E-state index is 0.0420. The van der Waals surface area contributed by atoms with Crippen molar-refractivity contribution >= 4 is 11.8 Å². The Kier molecular flexibility index (Phi) is 6.20. The monoisotopic (exact) mass is 316 g/mol. The maximum atomic E-state index is 12.0. The van der Waals surface area contributed by atoms with Gasteiger partial charge in [0, 0.05) is 19.5 Å². The minimum Gasteiger partial charge on any atom is -0.347 e. The van der Waals surface area contributed by atoms with Crippen LogP contribution in [-0.4, -0.2) is 36.3 Å².